The lowest BCUT2D eigenvalue weighted by molar-refractivity contribution is 0.0472. The highest BCUT2D eigenvalue weighted by Gasteiger charge is 2.09. The second-order valence-electron chi connectivity index (χ2n) is 4.67. The van der Waals surface area contributed by atoms with Crippen LogP contribution in [0.1, 0.15) is 15.9 Å². The van der Waals surface area contributed by atoms with Crippen LogP contribution in [-0.2, 0) is 11.3 Å². The van der Waals surface area contributed by atoms with E-state index < -0.39 is 5.97 Å². The number of methoxy groups -OCH3 is 1. The first-order valence-corrected chi connectivity index (χ1v) is 6.87. The Morgan fingerprint density at radius 1 is 1.17 bits per heavy atom. The topological polar surface area (TPSA) is 79.1 Å². The largest absolute Gasteiger partial charge is 0.497 e. The van der Waals surface area contributed by atoms with E-state index in [1.54, 1.807) is 19.2 Å². The van der Waals surface area contributed by atoms with E-state index in [9.17, 15) is 4.79 Å². The summed E-state index contributed by atoms with van der Waals surface area (Å²) < 4.78 is 11.8. The lowest BCUT2D eigenvalue weighted by Gasteiger charge is -2.06. The maximum Gasteiger partial charge on any atom is 0.340 e. The Hall–Kier alpha value is -3.22. The lowest BCUT2D eigenvalue weighted by atomic mass is 10.2. The van der Waals surface area contributed by atoms with Gasteiger partial charge in [0.2, 0.25) is 0 Å². The van der Waals surface area contributed by atoms with E-state index in [1.807, 2.05) is 24.3 Å². The molecule has 1 aromatic carbocycles. The summed E-state index contributed by atoms with van der Waals surface area (Å²) in [6.45, 7) is 0.188. The molecule has 23 heavy (non-hydrogen) atoms. The van der Waals surface area contributed by atoms with Gasteiger partial charge in [0.25, 0.3) is 0 Å². The number of esters is 1. The van der Waals surface area contributed by atoms with E-state index in [4.69, 9.17) is 9.47 Å². The number of aromatic nitrogens is 4. The van der Waals surface area contributed by atoms with E-state index in [-0.39, 0.29) is 6.61 Å². The molecule has 0 saturated heterocycles. The fourth-order valence-corrected chi connectivity index (χ4v) is 1.92. The minimum Gasteiger partial charge on any atom is -0.497 e. The molecule has 0 saturated carbocycles. The molecule has 0 spiro atoms. The Morgan fingerprint density at radius 3 is 2.61 bits per heavy atom. The van der Waals surface area contributed by atoms with Gasteiger partial charge in [0, 0.05) is 6.20 Å². The average Bonchev–Trinajstić information content (AvgIpc) is 3.15. The SMILES string of the molecule is COc1ccc(COC(=O)c2ccc(-n3cncn3)nc2)cc1. The number of hydrogen-bond acceptors (Lipinski definition) is 6. The normalized spacial score (nSPS) is 10.3. The molecule has 0 bridgehead atoms. The molecule has 7 nitrogen and oxygen atoms in total. The van der Waals surface area contributed by atoms with Crippen molar-refractivity contribution in [1.29, 1.82) is 0 Å². The first-order valence-electron chi connectivity index (χ1n) is 6.87. The van der Waals surface area contributed by atoms with Crippen LogP contribution in [-0.4, -0.2) is 32.8 Å². The summed E-state index contributed by atoms with van der Waals surface area (Å²) in [5.74, 6) is 0.903. The van der Waals surface area contributed by atoms with Crippen molar-refractivity contribution in [3.8, 4) is 11.6 Å². The first kappa shape index (κ1) is 14.7. The van der Waals surface area contributed by atoms with Crippen molar-refractivity contribution in [3.05, 3.63) is 66.4 Å². The number of hydrogen-bond donors (Lipinski definition) is 0. The van der Waals surface area contributed by atoms with Crippen LogP contribution in [0.4, 0.5) is 0 Å². The highest BCUT2D eigenvalue weighted by atomic mass is 16.5. The molecule has 0 aliphatic rings. The predicted molar refractivity (Wildman–Crippen MR) is 81.3 cm³/mol. The van der Waals surface area contributed by atoms with Crippen molar-refractivity contribution in [1.82, 2.24) is 19.7 Å². The molecule has 0 unspecified atom stereocenters. The third-order valence-corrected chi connectivity index (χ3v) is 3.17. The predicted octanol–water partition coefficient (Wildman–Crippen LogP) is 2.03. The van der Waals surface area contributed by atoms with Crippen molar-refractivity contribution in [2.75, 3.05) is 7.11 Å². The fourth-order valence-electron chi connectivity index (χ4n) is 1.92. The van der Waals surface area contributed by atoms with Crippen LogP contribution in [0.3, 0.4) is 0 Å². The Labute approximate surface area is 132 Å². The molecule has 0 radical (unpaired) electrons. The van der Waals surface area contributed by atoms with Gasteiger partial charge in [-0.1, -0.05) is 12.1 Å². The molecule has 2 heterocycles. The van der Waals surface area contributed by atoms with Crippen molar-refractivity contribution in [3.63, 3.8) is 0 Å². The third-order valence-electron chi connectivity index (χ3n) is 3.17. The highest BCUT2D eigenvalue weighted by Crippen LogP contribution is 2.13. The molecule has 116 valence electrons. The van der Waals surface area contributed by atoms with E-state index in [2.05, 4.69) is 15.1 Å². The van der Waals surface area contributed by atoms with Crippen molar-refractivity contribution in [2.24, 2.45) is 0 Å². The standard InChI is InChI=1S/C16H14N4O3/c1-22-14-5-2-12(3-6-14)9-23-16(21)13-4-7-15(18-8-13)20-11-17-10-19-20/h2-8,10-11H,9H2,1H3. The zero-order valence-electron chi connectivity index (χ0n) is 12.4. The van der Waals surface area contributed by atoms with Crippen molar-refractivity contribution < 1.29 is 14.3 Å². The van der Waals surface area contributed by atoms with E-state index in [0.717, 1.165) is 11.3 Å². The van der Waals surface area contributed by atoms with Gasteiger partial charge in [-0.15, -0.1) is 0 Å². The molecule has 0 atom stereocenters. The zero-order valence-corrected chi connectivity index (χ0v) is 12.4. The maximum absolute atomic E-state index is 12.0. The molecule has 3 rings (SSSR count). The Balaban J connectivity index is 1.61. The van der Waals surface area contributed by atoms with Gasteiger partial charge in [-0.25, -0.2) is 19.4 Å². The van der Waals surface area contributed by atoms with E-state index >= 15 is 0 Å². The minimum absolute atomic E-state index is 0.188. The number of carbonyl (C=O) groups excluding carboxylic acids is 1. The monoisotopic (exact) mass is 310 g/mol. The Kier molecular flexibility index (Phi) is 4.28. The Bertz CT molecular complexity index is 768. The van der Waals surface area contributed by atoms with Gasteiger partial charge in [0.05, 0.1) is 12.7 Å². The maximum atomic E-state index is 12.0. The summed E-state index contributed by atoms with van der Waals surface area (Å²) in [7, 11) is 1.60. The van der Waals surface area contributed by atoms with Crippen LogP contribution < -0.4 is 4.74 Å². The molecule has 7 heteroatoms. The number of pyridine rings is 1. The molecule has 0 fully saturated rings. The number of carbonyl (C=O) groups is 1. The van der Waals surface area contributed by atoms with Crippen LogP contribution >= 0.6 is 0 Å². The molecule has 0 amide bonds. The number of rotatable bonds is 5. The fraction of sp³-hybridized carbons (Fsp3) is 0.125. The third kappa shape index (κ3) is 3.52. The van der Waals surface area contributed by atoms with Gasteiger partial charge >= 0.3 is 5.97 Å². The zero-order chi connectivity index (χ0) is 16.1. The summed E-state index contributed by atoms with van der Waals surface area (Å²) in [6, 6.07) is 10.6. The minimum atomic E-state index is -0.432. The molecule has 0 aliphatic heterocycles. The van der Waals surface area contributed by atoms with Crippen LogP contribution in [0.25, 0.3) is 5.82 Å². The van der Waals surface area contributed by atoms with E-state index in [1.165, 1.54) is 23.5 Å². The first-order chi connectivity index (χ1) is 11.3. The smallest absolute Gasteiger partial charge is 0.340 e. The summed E-state index contributed by atoms with van der Waals surface area (Å²) >= 11 is 0. The van der Waals surface area contributed by atoms with Gasteiger partial charge in [0.1, 0.15) is 25.0 Å². The van der Waals surface area contributed by atoms with Crippen LogP contribution in [0.2, 0.25) is 0 Å². The van der Waals surface area contributed by atoms with Gasteiger partial charge < -0.3 is 9.47 Å². The highest BCUT2D eigenvalue weighted by molar-refractivity contribution is 5.89. The average molecular weight is 310 g/mol. The molecule has 0 N–H and O–H groups in total. The lowest BCUT2D eigenvalue weighted by Crippen LogP contribution is -2.07. The molecule has 0 aliphatic carbocycles. The summed E-state index contributed by atoms with van der Waals surface area (Å²) in [5.41, 5.74) is 1.26. The molecular weight excluding hydrogens is 296 g/mol. The van der Waals surface area contributed by atoms with E-state index in [0.29, 0.717) is 11.4 Å². The number of ether oxygens (including phenoxy) is 2. The second kappa shape index (κ2) is 6.69. The van der Waals surface area contributed by atoms with Gasteiger partial charge in [-0.05, 0) is 29.8 Å². The van der Waals surface area contributed by atoms with Gasteiger partial charge in [-0.3, -0.25) is 0 Å². The quantitative estimate of drug-likeness (QED) is 0.671. The molecule has 2 aromatic heterocycles. The second-order valence-corrected chi connectivity index (χ2v) is 4.67. The number of benzene rings is 1. The molecular formula is C16H14N4O3. The summed E-state index contributed by atoms with van der Waals surface area (Å²) in [4.78, 5) is 20.0. The van der Waals surface area contributed by atoms with Gasteiger partial charge in [0.15, 0.2) is 5.82 Å². The summed E-state index contributed by atoms with van der Waals surface area (Å²) in [6.07, 6.45) is 4.40. The van der Waals surface area contributed by atoms with Crippen LogP contribution in [0, 0.1) is 0 Å². The van der Waals surface area contributed by atoms with Crippen molar-refractivity contribution in [2.45, 2.75) is 6.61 Å². The van der Waals surface area contributed by atoms with Crippen molar-refractivity contribution >= 4 is 5.97 Å². The summed E-state index contributed by atoms with van der Waals surface area (Å²) in [5, 5.41) is 3.97. The van der Waals surface area contributed by atoms with Crippen LogP contribution in [0.5, 0.6) is 5.75 Å². The molecule has 3 aromatic rings. The number of nitrogens with zero attached hydrogens (tertiary/aromatic N) is 4. The Morgan fingerprint density at radius 2 is 2.00 bits per heavy atom. The van der Waals surface area contributed by atoms with Gasteiger partial charge in [-0.2, -0.15) is 5.10 Å². The van der Waals surface area contributed by atoms with Crippen LogP contribution in [0.15, 0.2) is 55.2 Å².